The predicted octanol–water partition coefficient (Wildman–Crippen LogP) is 5.34. The second kappa shape index (κ2) is 7.88. The van der Waals surface area contributed by atoms with E-state index in [1.807, 2.05) is 42.5 Å². The first-order valence-electron chi connectivity index (χ1n) is 8.18. The van der Waals surface area contributed by atoms with Crippen LogP contribution in [0.1, 0.15) is 11.3 Å². The Morgan fingerprint density at radius 2 is 1.59 bits per heavy atom. The minimum Gasteiger partial charge on any atom is -0.367 e. The van der Waals surface area contributed by atoms with E-state index in [-0.39, 0.29) is 5.69 Å². The lowest BCUT2D eigenvalue weighted by Crippen LogP contribution is -2.14. The molecule has 27 heavy (non-hydrogen) atoms. The largest absolute Gasteiger partial charge is 0.367 e. The van der Waals surface area contributed by atoms with Gasteiger partial charge in [0.2, 0.25) is 0 Å². The van der Waals surface area contributed by atoms with Gasteiger partial charge in [-0.3, -0.25) is 14.7 Å². The van der Waals surface area contributed by atoms with Crippen molar-refractivity contribution in [2.24, 2.45) is 0 Å². The molecule has 3 rings (SSSR count). The molecule has 140 valence electrons. The molecule has 8 heteroatoms. The fourth-order valence-electron chi connectivity index (χ4n) is 2.91. The van der Waals surface area contributed by atoms with Gasteiger partial charge in [-0.05, 0) is 29.1 Å². The maximum Gasteiger partial charge on any atom is 0.356 e. The summed E-state index contributed by atoms with van der Waals surface area (Å²) >= 11 is 0. The van der Waals surface area contributed by atoms with Gasteiger partial charge in [0.1, 0.15) is 0 Å². The van der Waals surface area contributed by atoms with Crippen LogP contribution in [0, 0.1) is 10.1 Å². The van der Waals surface area contributed by atoms with Crippen LogP contribution in [-0.2, 0) is 13.6 Å². The standard InChI is InChI=1S/C19H19N2O5P/c1-25-27(24,26-2)19(15-10-12-16(13-11-15)21(22)23)20-18-9-5-7-14-6-3-4-8-17(14)18/h3-13,19-20H,1-2H3. The molecule has 0 amide bonds. The number of nitrogens with one attached hydrogen (secondary N) is 1. The van der Waals surface area contributed by atoms with Crippen LogP contribution in [0.2, 0.25) is 0 Å². The van der Waals surface area contributed by atoms with Crippen molar-refractivity contribution in [1.82, 2.24) is 0 Å². The second-order valence-electron chi connectivity index (χ2n) is 5.83. The summed E-state index contributed by atoms with van der Waals surface area (Å²) < 4.78 is 23.6. The first kappa shape index (κ1) is 19.0. The second-order valence-corrected chi connectivity index (χ2v) is 8.15. The highest BCUT2D eigenvalue weighted by molar-refractivity contribution is 7.54. The van der Waals surface area contributed by atoms with Gasteiger partial charge in [-0.2, -0.15) is 0 Å². The van der Waals surface area contributed by atoms with Gasteiger partial charge in [-0.25, -0.2) is 0 Å². The highest BCUT2D eigenvalue weighted by Crippen LogP contribution is 2.60. The summed E-state index contributed by atoms with van der Waals surface area (Å²) in [6.45, 7) is 0. The SMILES string of the molecule is COP(=O)(OC)C(Nc1cccc2ccccc12)c1ccc([N+](=O)[O-])cc1. The van der Waals surface area contributed by atoms with Gasteiger partial charge < -0.3 is 14.4 Å². The van der Waals surface area contributed by atoms with Crippen LogP contribution >= 0.6 is 7.60 Å². The predicted molar refractivity (Wildman–Crippen MR) is 105 cm³/mol. The molecule has 0 aliphatic heterocycles. The summed E-state index contributed by atoms with van der Waals surface area (Å²) in [5, 5.41) is 16.1. The monoisotopic (exact) mass is 386 g/mol. The third-order valence-electron chi connectivity index (χ3n) is 4.33. The zero-order valence-electron chi connectivity index (χ0n) is 14.9. The smallest absolute Gasteiger partial charge is 0.356 e. The van der Waals surface area contributed by atoms with Crippen molar-refractivity contribution in [2.45, 2.75) is 5.78 Å². The number of hydrogen-bond donors (Lipinski definition) is 1. The average molecular weight is 386 g/mol. The topological polar surface area (TPSA) is 90.7 Å². The third-order valence-corrected chi connectivity index (χ3v) is 6.40. The molecule has 0 saturated carbocycles. The molecule has 0 saturated heterocycles. The molecule has 1 atom stereocenters. The summed E-state index contributed by atoms with van der Waals surface area (Å²) in [5.41, 5.74) is 1.26. The zero-order valence-corrected chi connectivity index (χ0v) is 15.8. The maximum absolute atomic E-state index is 13.2. The third kappa shape index (κ3) is 3.85. The minimum atomic E-state index is -3.58. The number of benzene rings is 3. The van der Waals surface area contributed by atoms with E-state index < -0.39 is 18.3 Å². The normalized spacial score (nSPS) is 12.7. The Bertz CT molecular complexity index is 993. The van der Waals surface area contributed by atoms with Crippen molar-refractivity contribution in [2.75, 3.05) is 19.5 Å². The van der Waals surface area contributed by atoms with Crippen molar-refractivity contribution in [1.29, 1.82) is 0 Å². The molecule has 0 spiro atoms. The molecule has 0 radical (unpaired) electrons. The molecule has 0 bridgehead atoms. The Morgan fingerprint density at radius 3 is 2.22 bits per heavy atom. The number of hydrogen-bond acceptors (Lipinski definition) is 6. The maximum atomic E-state index is 13.2. The van der Waals surface area contributed by atoms with Crippen molar-refractivity contribution in [3.05, 3.63) is 82.4 Å². The summed E-state index contributed by atoms with van der Waals surface area (Å²) in [7, 11) is -0.951. The van der Waals surface area contributed by atoms with Crippen molar-refractivity contribution >= 4 is 29.7 Å². The molecule has 0 aliphatic rings. The number of nitrogens with zero attached hydrogens (tertiary/aromatic N) is 1. The van der Waals surface area contributed by atoms with Crippen molar-refractivity contribution < 1.29 is 18.5 Å². The lowest BCUT2D eigenvalue weighted by Gasteiger charge is -2.27. The lowest BCUT2D eigenvalue weighted by atomic mass is 10.1. The molecule has 0 fully saturated rings. The lowest BCUT2D eigenvalue weighted by molar-refractivity contribution is -0.384. The number of rotatable bonds is 7. The Labute approximate surface area is 156 Å². The Hall–Kier alpha value is -2.73. The summed E-state index contributed by atoms with van der Waals surface area (Å²) in [6.07, 6.45) is 0. The number of anilines is 1. The Kier molecular flexibility index (Phi) is 5.56. The Morgan fingerprint density at radius 1 is 0.963 bits per heavy atom. The van der Waals surface area contributed by atoms with Gasteiger partial charge in [0.05, 0.1) is 4.92 Å². The molecule has 1 N–H and O–H groups in total. The van der Waals surface area contributed by atoms with Gasteiger partial charge in [0.15, 0.2) is 5.78 Å². The van der Waals surface area contributed by atoms with Crippen molar-refractivity contribution in [3.8, 4) is 0 Å². The van der Waals surface area contributed by atoms with E-state index in [0.29, 0.717) is 5.56 Å². The van der Waals surface area contributed by atoms with Crippen LogP contribution in [0.15, 0.2) is 66.7 Å². The first-order chi connectivity index (χ1) is 13.0. The van der Waals surface area contributed by atoms with Crippen LogP contribution in [0.5, 0.6) is 0 Å². The van der Waals surface area contributed by atoms with Crippen LogP contribution in [0.3, 0.4) is 0 Å². The molecular formula is C19H19N2O5P. The van der Waals surface area contributed by atoms with Crippen LogP contribution in [0.4, 0.5) is 11.4 Å². The van der Waals surface area contributed by atoms with Gasteiger partial charge in [-0.1, -0.05) is 36.4 Å². The van der Waals surface area contributed by atoms with E-state index in [9.17, 15) is 14.7 Å². The van der Waals surface area contributed by atoms with E-state index in [1.165, 1.54) is 26.4 Å². The van der Waals surface area contributed by atoms with Gasteiger partial charge in [-0.15, -0.1) is 0 Å². The molecule has 3 aromatic rings. The van der Waals surface area contributed by atoms with E-state index in [4.69, 9.17) is 9.05 Å². The van der Waals surface area contributed by atoms with Crippen LogP contribution < -0.4 is 5.32 Å². The fraction of sp³-hybridized carbons (Fsp3) is 0.158. The van der Waals surface area contributed by atoms with Crippen LogP contribution in [-0.4, -0.2) is 19.1 Å². The molecule has 1 unspecified atom stereocenters. The first-order valence-corrected chi connectivity index (χ1v) is 9.79. The highest BCUT2D eigenvalue weighted by atomic mass is 31.2. The van der Waals surface area contributed by atoms with Crippen LogP contribution in [0.25, 0.3) is 10.8 Å². The van der Waals surface area contributed by atoms with Crippen molar-refractivity contribution in [3.63, 3.8) is 0 Å². The molecule has 7 nitrogen and oxygen atoms in total. The number of non-ortho nitro benzene ring substituents is 1. The van der Waals surface area contributed by atoms with Gasteiger partial charge in [0, 0.05) is 37.4 Å². The average Bonchev–Trinajstić information content (AvgIpc) is 2.71. The minimum absolute atomic E-state index is 0.0488. The number of nitro benzene ring substituents is 1. The van der Waals surface area contributed by atoms with E-state index in [2.05, 4.69) is 5.32 Å². The summed E-state index contributed by atoms with van der Waals surface area (Å²) in [6, 6.07) is 19.4. The van der Waals surface area contributed by atoms with E-state index in [0.717, 1.165) is 16.5 Å². The molecule has 0 heterocycles. The Balaban J connectivity index is 2.07. The van der Waals surface area contributed by atoms with Gasteiger partial charge >= 0.3 is 7.60 Å². The molecule has 0 aromatic heterocycles. The summed E-state index contributed by atoms with van der Waals surface area (Å²) in [5.74, 6) is -0.834. The highest BCUT2D eigenvalue weighted by Gasteiger charge is 2.36. The van der Waals surface area contributed by atoms with E-state index in [1.54, 1.807) is 12.1 Å². The molecule has 0 aliphatic carbocycles. The number of nitro groups is 1. The van der Waals surface area contributed by atoms with E-state index >= 15 is 0 Å². The zero-order chi connectivity index (χ0) is 19.4. The fourth-order valence-corrected chi connectivity index (χ4v) is 4.31. The quantitative estimate of drug-likeness (QED) is 0.335. The summed E-state index contributed by atoms with van der Waals surface area (Å²) in [4.78, 5) is 10.4. The number of fused-ring (bicyclic) bond motifs is 1. The van der Waals surface area contributed by atoms with Gasteiger partial charge in [0.25, 0.3) is 5.69 Å². The molecule has 3 aromatic carbocycles. The molecular weight excluding hydrogens is 367 g/mol.